The fraction of sp³-hybridized carbons (Fsp3) is 0.286. The van der Waals surface area contributed by atoms with Crippen molar-refractivity contribution in [1.29, 1.82) is 0 Å². The van der Waals surface area contributed by atoms with Crippen molar-refractivity contribution in [3.8, 4) is 0 Å². The molecule has 0 N–H and O–H groups in total. The van der Waals surface area contributed by atoms with Crippen molar-refractivity contribution in [2.45, 2.75) is 12.6 Å². The van der Waals surface area contributed by atoms with Crippen LogP contribution in [0.1, 0.15) is 16.9 Å². The normalized spacial score (nSPS) is 16.1. The summed E-state index contributed by atoms with van der Waals surface area (Å²) in [6.07, 6.45) is -0.842. The fourth-order valence-corrected chi connectivity index (χ4v) is 2.46. The van der Waals surface area contributed by atoms with E-state index in [9.17, 15) is 18.0 Å². The van der Waals surface area contributed by atoms with Crippen molar-refractivity contribution < 1.29 is 18.0 Å². The summed E-state index contributed by atoms with van der Waals surface area (Å²) >= 11 is 0. The van der Waals surface area contributed by atoms with Crippen LogP contribution in [-0.4, -0.2) is 34.9 Å². The maximum absolute atomic E-state index is 12.6. The number of alkyl halides is 3. The summed E-state index contributed by atoms with van der Waals surface area (Å²) in [6, 6.07) is 5.30. The predicted molar refractivity (Wildman–Crippen MR) is 71.5 cm³/mol. The SMILES string of the molecule is O=Cc1c(N2CC=C(C(F)(F)F)CC2)nc2ccccn12. The molecule has 1 aliphatic heterocycles. The molecule has 0 atom stereocenters. The summed E-state index contributed by atoms with van der Waals surface area (Å²) in [7, 11) is 0. The molecule has 0 unspecified atom stereocenters. The lowest BCUT2D eigenvalue weighted by Gasteiger charge is -2.27. The Bertz CT molecular complexity index is 718. The van der Waals surface area contributed by atoms with Crippen LogP contribution >= 0.6 is 0 Å². The van der Waals surface area contributed by atoms with Gasteiger partial charge in [0.2, 0.25) is 0 Å². The van der Waals surface area contributed by atoms with Gasteiger partial charge in [0, 0.05) is 24.9 Å². The van der Waals surface area contributed by atoms with Gasteiger partial charge in [-0.2, -0.15) is 13.2 Å². The second-order valence-corrected chi connectivity index (χ2v) is 4.79. The molecule has 0 aromatic carbocycles. The van der Waals surface area contributed by atoms with Gasteiger partial charge >= 0.3 is 6.18 Å². The van der Waals surface area contributed by atoms with Crippen molar-refractivity contribution in [1.82, 2.24) is 9.38 Å². The Hall–Kier alpha value is -2.31. The average Bonchev–Trinajstić information content (AvgIpc) is 2.85. The maximum atomic E-state index is 12.6. The highest BCUT2D eigenvalue weighted by atomic mass is 19.4. The molecule has 3 rings (SSSR count). The Morgan fingerprint density at radius 3 is 2.71 bits per heavy atom. The van der Waals surface area contributed by atoms with E-state index < -0.39 is 11.7 Å². The summed E-state index contributed by atoms with van der Waals surface area (Å²) in [5.74, 6) is 0.425. The second-order valence-electron chi connectivity index (χ2n) is 4.79. The summed E-state index contributed by atoms with van der Waals surface area (Å²) < 4.78 is 39.5. The molecule has 110 valence electrons. The molecule has 0 bridgehead atoms. The fourth-order valence-electron chi connectivity index (χ4n) is 2.46. The monoisotopic (exact) mass is 295 g/mol. The van der Waals surface area contributed by atoms with Gasteiger partial charge in [-0.15, -0.1) is 0 Å². The van der Waals surface area contributed by atoms with Crippen LogP contribution in [0.5, 0.6) is 0 Å². The van der Waals surface area contributed by atoms with Crippen LogP contribution in [0, 0.1) is 0 Å². The Morgan fingerprint density at radius 2 is 2.10 bits per heavy atom. The number of nitrogens with zero attached hydrogens (tertiary/aromatic N) is 3. The number of carbonyl (C=O) groups excluding carboxylic acids is 1. The lowest BCUT2D eigenvalue weighted by molar-refractivity contribution is -0.0944. The number of anilines is 1. The van der Waals surface area contributed by atoms with E-state index in [1.165, 1.54) is 0 Å². The Kier molecular flexibility index (Phi) is 3.19. The maximum Gasteiger partial charge on any atom is 0.412 e. The molecule has 7 heteroatoms. The first-order chi connectivity index (χ1) is 10.0. The molecule has 0 amide bonds. The van der Waals surface area contributed by atoms with E-state index in [0.717, 1.165) is 6.08 Å². The lowest BCUT2D eigenvalue weighted by Crippen LogP contribution is -2.32. The highest BCUT2D eigenvalue weighted by Gasteiger charge is 2.35. The molecule has 0 radical (unpaired) electrons. The Labute approximate surface area is 118 Å². The van der Waals surface area contributed by atoms with Crippen molar-refractivity contribution >= 4 is 17.8 Å². The number of aldehydes is 1. The van der Waals surface area contributed by atoms with E-state index >= 15 is 0 Å². The molecular weight excluding hydrogens is 283 g/mol. The third-order valence-corrected chi connectivity index (χ3v) is 3.53. The van der Waals surface area contributed by atoms with Gasteiger partial charge in [0.1, 0.15) is 11.3 Å². The molecule has 0 saturated heterocycles. The van der Waals surface area contributed by atoms with Gasteiger partial charge in [-0.1, -0.05) is 12.1 Å². The zero-order chi connectivity index (χ0) is 15.0. The molecule has 2 aromatic heterocycles. The van der Waals surface area contributed by atoms with Crippen LogP contribution in [0.25, 0.3) is 5.65 Å². The first-order valence-electron chi connectivity index (χ1n) is 6.44. The van der Waals surface area contributed by atoms with Gasteiger partial charge in [-0.25, -0.2) is 4.98 Å². The third kappa shape index (κ3) is 2.39. The highest BCUT2D eigenvalue weighted by Crippen LogP contribution is 2.32. The molecule has 4 nitrogen and oxygen atoms in total. The van der Waals surface area contributed by atoms with Crippen LogP contribution < -0.4 is 4.90 Å². The van der Waals surface area contributed by atoms with E-state index in [1.807, 2.05) is 0 Å². The number of imidazole rings is 1. The minimum absolute atomic E-state index is 0.0968. The molecule has 0 spiro atoms. The average molecular weight is 295 g/mol. The van der Waals surface area contributed by atoms with Crippen molar-refractivity contribution in [2.24, 2.45) is 0 Å². The molecule has 0 aliphatic carbocycles. The first-order valence-corrected chi connectivity index (χ1v) is 6.44. The van der Waals surface area contributed by atoms with E-state index in [1.54, 1.807) is 33.7 Å². The summed E-state index contributed by atoms with van der Waals surface area (Å²) in [5.41, 5.74) is 0.435. The molecule has 0 saturated carbocycles. The largest absolute Gasteiger partial charge is 0.412 e. The third-order valence-electron chi connectivity index (χ3n) is 3.53. The Morgan fingerprint density at radius 1 is 1.29 bits per heavy atom. The standard InChI is InChI=1S/C14H12F3N3O/c15-14(16,17)10-4-7-19(8-5-10)13-11(9-21)20-6-2-1-3-12(20)18-13/h1-4,6,9H,5,7-8H2. The molecule has 3 heterocycles. The zero-order valence-corrected chi connectivity index (χ0v) is 11.0. The lowest BCUT2D eigenvalue weighted by atomic mass is 10.1. The molecule has 21 heavy (non-hydrogen) atoms. The van der Waals surface area contributed by atoms with Crippen molar-refractivity contribution in [3.63, 3.8) is 0 Å². The summed E-state index contributed by atoms with van der Waals surface area (Å²) in [4.78, 5) is 17.3. The number of carbonyl (C=O) groups is 1. The van der Waals surface area contributed by atoms with Crippen LogP contribution in [0.4, 0.5) is 19.0 Å². The van der Waals surface area contributed by atoms with Gasteiger partial charge in [0.05, 0.1) is 0 Å². The highest BCUT2D eigenvalue weighted by molar-refractivity contribution is 5.83. The van der Waals surface area contributed by atoms with Crippen LogP contribution in [0.3, 0.4) is 0 Å². The van der Waals surface area contributed by atoms with Crippen LogP contribution in [0.2, 0.25) is 0 Å². The van der Waals surface area contributed by atoms with Gasteiger partial charge in [0.25, 0.3) is 0 Å². The number of rotatable bonds is 2. The topological polar surface area (TPSA) is 37.6 Å². The van der Waals surface area contributed by atoms with Gasteiger partial charge in [0.15, 0.2) is 12.1 Å². The van der Waals surface area contributed by atoms with Gasteiger partial charge < -0.3 is 4.90 Å². The first kappa shape index (κ1) is 13.7. The molecule has 0 fully saturated rings. The summed E-state index contributed by atoms with van der Waals surface area (Å²) in [5, 5.41) is 0. The molecule has 1 aliphatic rings. The van der Waals surface area contributed by atoms with Crippen LogP contribution in [-0.2, 0) is 0 Å². The zero-order valence-electron chi connectivity index (χ0n) is 11.0. The number of fused-ring (bicyclic) bond motifs is 1. The number of hydrogen-bond donors (Lipinski definition) is 0. The van der Waals surface area contributed by atoms with E-state index in [-0.39, 0.29) is 19.5 Å². The Balaban J connectivity index is 1.96. The summed E-state index contributed by atoms with van der Waals surface area (Å²) in [6.45, 7) is 0.287. The minimum atomic E-state index is -4.28. The number of pyridine rings is 1. The minimum Gasteiger partial charge on any atom is -0.351 e. The van der Waals surface area contributed by atoms with Crippen molar-refractivity contribution in [2.75, 3.05) is 18.0 Å². The second kappa shape index (κ2) is 4.91. The van der Waals surface area contributed by atoms with Crippen LogP contribution in [0.15, 0.2) is 36.0 Å². The number of halogens is 3. The molecule has 2 aromatic rings. The van der Waals surface area contributed by atoms with Gasteiger partial charge in [-0.3, -0.25) is 9.20 Å². The number of aromatic nitrogens is 2. The predicted octanol–water partition coefficient (Wildman–Crippen LogP) is 2.85. The van der Waals surface area contributed by atoms with Crippen molar-refractivity contribution in [3.05, 3.63) is 41.7 Å². The number of hydrogen-bond acceptors (Lipinski definition) is 3. The van der Waals surface area contributed by atoms with E-state index in [2.05, 4.69) is 4.98 Å². The van der Waals surface area contributed by atoms with E-state index in [4.69, 9.17) is 0 Å². The molecular formula is C14H12F3N3O. The van der Waals surface area contributed by atoms with E-state index in [0.29, 0.717) is 23.4 Å². The van der Waals surface area contributed by atoms with Gasteiger partial charge in [-0.05, 0) is 18.6 Å². The smallest absolute Gasteiger partial charge is 0.351 e. The quantitative estimate of drug-likeness (QED) is 0.631.